The summed E-state index contributed by atoms with van der Waals surface area (Å²) in [7, 11) is 0. The molecule has 7 heteroatoms. The highest BCUT2D eigenvalue weighted by atomic mass is 127. The Labute approximate surface area is 159 Å². The van der Waals surface area contributed by atoms with Crippen LogP contribution in [0.4, 0.5) is 5.82 Å². The summed E-state index contributed by atoms with van der Waals surface area (Å²) in [5, 5.41) is 3.01. The molecule has 0 saturated carbocycles. The molecule has 3 N–H and O–H groups in total. The number of likely N-dealkylation sites (tertiary alicyclic amines) is 1. The van der Waals surface area contributed by atoms with Gasteiger partial charge < -0.3 is 15.5 Å². The number of rotatable bonds is 5. The fraction of sp³-hybridized carbons (Fsp3) is 0.412. The van der Waals surface area contributed by atoms with Crippen LogP contribution >= 0.6 is 24.0 Å². The zero-order valence-corrected chi connectivity index (χ0v) is 15.9. The largest absolute Gasteiger partial charge is 0.468 e. The number of anilines is 1. The lowest BCUT2D eigenvalue weighted by atomic mass is 10.1. The van der Waals surface area contributed by atoms with Gasteiger partial charge in [0, 0.05) is 6.20 Å². The number of furan rings is 1. The molecule has 0 aliphatic carbocycles. The smallest absolute Gasteiger partial charge is 0.194 e. The van der Waals surface area contributed by atoms with E-state index in [2.05, 4.69) is 20.2 Å². The van der Waals surface area contributed by atoms with E-state index in [9.17, 15) is 0 Å². The van der Waals surface area contributed by atoms with Gasteiger partial charge in [-0.15, -0.1) is 24.0 Å². The number of nitrogens with zero attached hydrogens (tertiary/aromatic N) is 3. The van der Waals surface area contributed by atoms with Gasteiger partial charge in [0.2, 0.25) is 0 Å². The second-order valence-electron chi connectivity index (χ2n) is 5.69. The summed E-state index contributed by atoms with van der Waals surface area (Å²) in [6, 6.07) is 9.69. The number of aromatic nitrogens is 1. The number of nitrogens with one attached hydrogen (secondary N) is 1. The summed E-state index contributed by atoms with van der Waals surface area (Å²) < 4.78 is 5.61. The van der Waals surface area contributed by atoms with Crippen LogP contribution in [0.3, 0.4) is 0 Å². The lowest BCUT2D eigenvalue weighted by molar-refractivity contribution is 0.150. The number of piperidine rings is 1. The Hall–Kier alpha value is -1.61. The van der Waals surface area contributed by atoms with Crippen LogP contribution in [0, 0.1) is 0 Å². The van der Waals surface area contributed by atoms with Crippen molar-refractivity contribution in [2.75, 3.05) is 25.0 Å². The van der Waals surface area contributed by atoms with E-state index in [-0.39, 0.29) is 30.0 Å². The van der Waals surface area contributed by atoms with Gasteiger partial charge in [0.1, 0.15) is 11.6 Å². The Kier molecular flexibility index (Phi) is 7.51. The first-order valence-electron chi connectivity index (χ1n) is 8.08. The van der Waals surface area contributed by atoms with Crippen molar-refractivity contribution < 1.29 is 4.42 Å². The highest BCUT2D eigenvalue weighted by molar-refractivity contribution is 14.0. The molecule has 0 bridgehead atoms. The third-order valence-electron chi connectivity index (χ3n) is 4.06. The van der Waals surface area contributed by atoms with E-state index in [0.717, 1.165) is 18.8 Å². The number of hydrogen-bond acceptors (Lipinski definition) is 4. The normalized spacial score (nSPS) is 17.1. The zero-order chi connectivity index (χ0) is 15.9. The molecule has 0 amide bonds. The summed E-state index contributed by atoms with van der Waals surface area (Å²) in [6.45, 7) is 2.72. The van der Waals surface area contributed by atoms with Gasteiger partial charge in [-0.2, -0.15) is 0 Å². The molecule has 0 spiro atoms. The molecule has 1 fully saturated rings. The Bertz CT molecular complexity index is 611. The number of hydrogen-bond donors (Lipinski definition) is 2. The Morgan fingerprint density at radius 2 is 2.08 bits per heavy atom. The van der Waals surface area contributed by atoms with Crippen LogP contribution in [-0.4, -0.2) is 35.5 Å². The van der Waals surface area contributed by atoms with Gasteiger partial charge in [-0.05, 0) is 50.2 Å². The maximum Gasteiger partial charge on any atom is 0.194 e. The Morgan fingerprint density at radius 1 is 1.25 bits per heavy atom. The van der Waals surface area contributed by atoms with E-state index in [1.165, 1.54) is 19.3 Å². The number of pyridine rings is 1. The summed E-state index contributed by atoms with van der Waals surface area (Å²) in [4.78, 5) is 11.1. The molecular weight excluding hydrogens is 417 g/mol. The van der Waals surface area contributed by atoms with E-state index in [1.54, 1.807) is 12.5 Å². The molecule has 0 aromatic carbocycles. The quantitative estimate of drug-likeness (QED) is 0.423. The van der Waals surface area contributed by atoms with Gasteiger partial charge in [-0.1, -0.05) is 12.5 Å². The minimum absolute atomic E-state index is 0. The highest BCUT2D eigenvalue weighted by Gasteiger charge is 2.24. The van der Waals surface area contributed by atoms with Crippen molar-refractivity contribution >= 4 is 35.8 Å². The third kappa shape index (κ3) is 5.20. The van der Waals surface area contributed by atoms with Crippen LogP contribution in [0.5, 0.6) is 0 Å². The Balaban J connectivity index is 0.00000208. The Morgan fingerprint density at radius 3 is 2.75 bits per heavy atom. The molecule has 3 heterocycles. The number of guanidine groups is 1. The van der Waals surface area contributed by atoms with Gasteiger partial charge in [0.25, 0.3) is 0 Å². The van der Waals surface area contributed by atoms with E-state index in [0.29, 0.717) is 18.3 Å². The standard InChI is InChI=1S/C17H23N5O.HI/c18-17(21-16-8-2-3-9-19-16)20-13-14(15-7-6-12-23-15)22-10-4-1-5-11-22;/h2-3,6-9,12,14H,1,4-5,10-11,13H2,(H3,18,19,20,21);1H. The molecule has 1 saturated heterocycles. The second kappa shape index (κ2) is 9.63. The van der Waals surface area contributed by atoms with E-state index in [4.69, 9.17) is 10.2 Å². The summed E-state index contributed by atoms with van der Waals surface area (Å²) >= 11 is 0. The highest BCUT2D eigenvalue weighted by Crippen LogP contribution is 2.25. The summed E-state index contributed by atoms with van der Waals surface area (Å²) in [5.74, 6) is 2.01. The average Bonchev–Trinajstić information content (AvgIpc) is 3.11. The number of halogens is 1. The SMILES string of the molecule is I.NC(=NCC(c1ccco1)N1CCCCC1)Nc1ccccn1. The molecule has 1 aliphatic heterocycles. The van der Waals surface area contributed by atoms with Crippen molar-refractivity contribution in [3.05, 3.63) is 48.6 Å². The third-order valence-corrected chi connectivity index (χ3v) is 4.06. The number of aliphatic imine (C=N–C) groups is 1. The maximum atomic E-state index is 5.99. The zero-order valence-electron chi connectivity index (χ0n) is 13.6. The molecule has 1 atom stereocenters. The molecule has 6 nitrogen and oxygen atoms in total. The molecule has 3 rings (SSSR count). The lowest BCUT2D eigenvalue weighted by Crippen LogP contribution is -2.36. The summed E-state index contributed by atoms with van der Waals surface area (Å²) in [6.07, 6.45) is 7.18. The molecule has 130 valence electrons. The van der Waals surface area contributed by atoms with Crippen LogP contribution < -0.4 is 11.1 Å². The van der Waals surface area contributed by atoms with Crippen LogP contribution in [0.15, 0.2) is 52.2 Å². The number of nitrogens with two attached hydrogens (primary N) is 1. The van der Waals surface area contributed by atoms with Gasteiger partial charge in [-0.25, -0.2) is 4.98 Å². The lowest BCUT2D eigenvalue weighted by Gasteiger charge is -2.32. The van der Waals surface area contributed by atoms with E-state index < -0.39 is 0 Å². The predicted octanol–water partition coefficient (Wildman–Crippen LogP) is 3.25. The molecule has 2 aromatic heterocycles. The minimum atomic E-state index is 0. The molecule has 2 aromatic rings. The fourth-order valence-electron chi connectivity index (χ4n) is 2.89. The average molecular weight is 441 g/mol. The van der Waals surface area contributed by atoms with Crippen molar-refractivity contribution in [2.45, 2.75) is 25.3 Å². The molecule has 24 heavy (non-hydrogen) atoms. The first-order chi connectivity index (χ1) is 11.3. The first-order valence-corrected chi connectivity index (χ1v) is 8.08. The van der Waals surface area contributed by atoms with Gasteiger partial charge >= 0.3 is 0 Å². The van der Waals surface area contributed by atoms with Crippen LogP contribution in [-0.2, 0) is 0 Å². The molecule has 0 radical (unpaired) electrons. The van der Waals surface area contributed by atoms with Crippen molar-refractivity contribution in [1.29, 1.82) is 0 Å². The van der Waals surface area contributed by atoms with Crippen LogP contribution in [0.2, 0.25) is 0 Å². The first kappa shape index (κ1) is 18.7. The summed E-state index contributed by atoms with van der Waals surface area (Å²) in [5.41, 5.74) is 5.99. The van der Waals surface area contributed by atoms with Crippen molar-refractivity contribution in [1.82, 2.24) is 9.88 Å². The monoisotopic (exact) mass is 441 g/mol. The van der Waals surface area contributed by atoms with E-state index in [1.807, 2.05) is 30.3 Å². The van der Waals surface area contributed by atoms with Crippen molar-refractivity contribution in [3.63, 3.8) is 0 Å². The van der Waals surface area contributed by atoms with Crippen molar-refractivity contribution in [3.8, 4) is 0 Å². The molecular formula is C17H24IN5O. The van der Waals surface area contributed by atoms with Crippen LogP contribution in [0.25, 0.3) is 0 Å². The van der Waals surface area contributed by atoms with Crippen LogP contribution in [0.1, 0.15) is 31.1 Å². The van der Waals surface area contributed by atoms with Crippen molar-refractivity contribution in [2.24, 2.45) is 10.7 Å². The topological polar surface area (TPSA) is 79.7 Å². The van der Waals surface area contributed by atoms with Gasteiger partial charge in [-0.3, -0.25) is 9.89 Å². The van der Waals surface area contributed by atoms with Gasteiger partial charge in [0.15, 0.2) is 5.96 Å². The van der Waals surface area contributed by atoms with E-state index >= 15 is 0 Å². The second-order valence-corrected chi connectivity index (χ2v) is 5.69. The molecule has 1 unspecified atom stereocenters. The maximum absolute atomic E-state index is 5.99. The fourth-order valence-corrected chi connectivity index (χ4v) is 2.89. The molecule has 1 aliphatic rings. The predicted molar refractivity (Wildman–Crippen MR) is 107 cm³/mol. The van der Waals surface area contributed by atoms with Gasteiger partial charge in [0.05, 0.1) is 18.8 Å². The minimum Gasteiger partial charge on any atom is -0.468 e.